The van der Waals surface area contributed by atoms with E-state index in [-0.39, 0.29) is 0 Å². The van der Waals surface area contributed by atoms with Crippen molar-refractivity contribution in [1.82, 2.24) is 10.2 Å². The summed E-state index contributed by atoms with van der Waals surface area (Å²) in [6, 6.07) is 11.5. The molecule has 2 nitrogen and oxygen atoms in total. The van der Waals surface area contributed by atoms with E-state index in [1.54, 1.807) is 0 Å². The van der Waals surface area contributed by atoms with E-state index in [1.165, 1.54) is 31.5 Å². The monoisotopic (exact) mass is 218 g/mol. The minimum Gasteiger partial charge on any atom is -0.314 e. The Bertz CT molecular complexity index is 295. The van der Waals surface area contributed by atoms with Crippen LogP contribution in [0.25, 0.3) is 0 Å². The highest BCUT2D eigenvalue weighted by atomic mass is 15.2. The Hall–Kier alpha value is -0.860. The van der Waals surface area contributed by atoms with E-state index in [9.17, 15) is 0 Å². The van der Waals surface area contributed by atoms with Gasteiger partial charge < -0.3 is 5.32 Å². The minimum absolute atomic E-state index is 0.677. The average molecular weight is 218 g/mol. The molecule has 16 heavy (non-hydrogen) atoms. The van der Waals surface area contributed by atoms with Crippen molar-refractivity contribution < 1.29 is 0 Å². The second kappa shape index (κ2) is 6.02. The number of hydrogen-bond acceptors (Lipinski definition) is 2. The van der Waals surface area contributed by atoms with Crippen LogP contribution in [0.15, 0.2) is 30.3 Å². The summed E-state index contributed by atoms with van der Waals surface area (Å²) in [6.45, 7) is 6.98. The van der Waals surface area contributed by atoms with E-state index in [0.29, 0.717) is 6.04 Å². The van der Waals surface area contributed by atoms with Gasteiger partial charge in [-0.05, 0) is 24.9 Å². The first kappa shape index (κ1) is 11.6. The SMILES string of the molecule is CCCN1CCNCC1Cc1ccccc1. The zero-order chi connectivity index (χ0) is 11.2. The molecule has 1 atom stereocenters. The van der Waals surface area contributed by atoms with Crippen molar-refractivity contribution in [3.63, 3.8) is 0 Å². The predicted octanol–water partition coefficient (Wildman–Crippen LogP) is 1.91. The molecular weight excluding hydrogens is 196 g/mol. The van der Waals surface area contributed by atoms with E-state index < -0.39 is 0 Å². The topological polar surface area (TPSA) is 15.3 Å². The maximum absolute atomic E-state index is 3.50. The quantitative estimate of drug-likeness (QED) is 0.830. The van der Waals surface area contributed by atoms with E-state index in [1.807, 2.05) is 0 Å². The lowest BCUT2D eigenvalue weighted by atomic mass is 10.0. The fourth-order valence-electron chi connectivity index (χ4n) is 2.47. The Morgan fingerprint density at radius 2 is 2.12 bits per heavy atom. The molecular formula is C14H22N2. The summed E-state index contributed by atoms with van der Waals surface area (Å²) < 4.78 is 0. The van der Waals surface area contributed by atoms with Gasteiger partial charge in [-0.1, -0.05) is 37.3 Å². The molecule has 0 radical (unpaired) electrons. The maximum atomic E-state index is 3.50. The number of benzene rings is 1. The van der Waals surface area contributed by atoms with Gasteiger partial charge in [0.25, 0.3) is 0 Å². The van der Waals surface area contributed by atoms with Crippen LogP contribution in [-0.2, 0) is 6.42 Å². The van der Waals surface area contributed by atoms with Crippen molar-refractivity contribution in [3.05, 3.63) is 35.9 Å². The maximum Gasteiger partial charge on any atom is 0.0261 e. The van der Waals surface area contributed by atoms with Crippen molar-refractivity contribution in [3.8, 4) is 0 Å². The van der Waals surface area contributed by atoms with Crippen LogP contribution in [-0.4, -0.2) is 37.1 Å². The lowest BCUT2D eigenvalue weighted by Gasteiger charge is -2.36. The molecule has 1 aliphatic rings. The Labute approximate surface area is 98.7 Å². The van der Waals surface area contributed by atoms with Crippen LogP contribution in [0.2, 0.25) is 0 Å². The first-order valence-corrected chi connectivity index (χ1v) is 6.39. The fourth-order valence-corrected chi connectivity index (χ4v) is 2.47. The largest absolute Gasteiger partial charge is 0.314 e. The lowest BCUT2D eigenvalue weighted by molar-refractivity contribution is 0.160. The molecule has 1 saturated heterocycles. The van der Waals surface area contributed by atoms with Crippen molar-refractivity contribution in [2.75, 3.05) is 26.2 Å². The molecule has 0 aliphatic carbocycles. The smallest absolute Gasteiger partial charge is 0.0261 e. The van der Waals surface area contributed by atoms with Crippen molar-refractivity contribution >= 4 is 0 Å². The van der Waals surface area contributed by atoms with Crippen molar-refractivity contribution in [1.29, 1.82) is 0 Å². The molecule has 1 fully saturated rings. The molecule has 2 rings (SSSR count). The van der Waals surface area contributed by atoms with Gasteiger partial charge in [0.2, 0.25) is 0 Å². The second-order valence-electron chi connectivity index (χ2n) is 4.58. The van der Waals surface area contributed by atoms with Crippen LogP contribution in [0, 0.1) is 0 Å². The summed E-state index contributed by atoms with van der Waals surface area (Å²) in [7, 11) is 0. The van der Waals surface area contributed by atoms with Gasteiger partial charge in [0.05, 0.1) is 0 Å². The van der Waals surface area contributed by atoms with Crippen molar-refractivity contribution in [2.45, 2.75) is 25.8 Å². The van der Waals surface area contributed by atoms with Gasteiger partial charge in [-0.2, -0.15) is 0 Å². The summed E-state index contributed by atoms with van der Waals surface area (Å²) in [6.07, 6.45) is 2.43. The highest BCUT2D eigenvalue weighted by Gasteiger charge is 2.21. The lowest BCUT2D eigenvalue weighted by Crippen LogP contribution is -2.52. The van der Waals surface area contributed by atoms with Crippen LogP contribution >= 0.6 is 0 Å². The molecule has 1 heterocycles. The van der Waals surface area contributed by atoms with Crippen LogP contribution < -0.4 is 5.32 Å². The number of rotatable bonds is 4. The molecule has 0 amide bonds. The second-order valence-corrected chi connectivity index (χ2v) is 4.58. The van der Waals surface area contributed by atoms with Gasteiger partial charge in [0, 0.05) is 25.7 Å². The van der Waals surface area contributed by atoms with Crippen molar-refractivity contribution in [2.24, 2.45) is 0 Å². The predicted molar refractivity (Wildman–Crippen MR) is 68.7 cm³/mol. The zero-order valence-corrected chi connectivity index (χ0v) is 10.2. The number of nitrogens with zero attached hydrogens (tertiary/aromatic N) is 1. The molecule has 1 unspecified atom stereocenters. The van der Waals surface area contributed by atoms with E-state index in [2.05, 4.69) is 47.5 Å². The average Bonchev–Trinajstić information content (AvgIpc) is 2.33. The molecule has 2 heteroatoms. The number of piperazine rings is 1. The minimum atomic E-state index is 0.677. The molecule has 88 valence electrons. The molecule has 0 saturated carbocycles. The zero-order valence-electron chi connectivity index (χ0n) is 10.2. The first-order chi connectivity index (χ1) is 7.90. The fraction of sp³-hybridized carbons (Fsp3) is 0.571. The van der Waals surface area contributed by atoms with Gasteiger partial charge in [0.1, 0.15) is 0 Å². The third-order valence-corrected chi connectivity index (χ3v) is 3.30. The van der Waals surface area contributed by atoms with Gasteiger partial charge in [-0.3, -0.25) is 4.90 Å². The molecule has 0 aromatic heterocycles. The molecule has 0 bridgehead atoms. The van der Waals surface area contributed by atoms with Gasteiger partial charge in [0.15, 0.2) is 0 Å². The van der Waals surface area contributed by atoms with Crippen LogP contribution in [0.1, 0.15) is 18.9 Å². The standard InChI is InChI=1S/C14H22N2/c1-2-9-16-10-8-15-12-14(16)11-13-6-4-3-5-7-13/h3-7,14-15H,2,8-12H2,1H3. The normalized spacial score (nSPS) is 22.2. The Morgan fingerprint density at radius 1 is 1.31 bits per heavy atom. The van der Waals surface area contributed by atoms with Crippen LogP contribution in [0.3, 0.4) is 0 Å². The van der Waals surface area contributed by atoms with E-state index in [0.717, 1.165) is 13.1 Å². The first-order valence-electron chi connectivity index (χ1n) is 6.39. The third-order valence-electron chi connectivity index (χ3n) is 3.30. The van der Waals surface area contributed by atoms with Crippen LogP contribution in [0.4, 0.5) is 0 Å². The summed E-state index contributed by atoms with van der Waals surface area (Å²) in [5, 5.41) is 3.50. The molecule has 1 aromatic rings. The highest BCUT2D eigenvalue weighted by molar-refractivity contribution is 5.16. The number of hydrogen-bond donors (Lipinski definition) is 1. The summed E-state index contributed by atoms with van der Waals surface area (Å²) in [5.74, 6) is 0. The third kappa shape index (κ3) is 3.06. The van der Waals surface area contributed by atoms with Gasteiger partial charge in [-0.25, -0.2) is 0 Å². The van der Waals surface area contributed by atoms with E-state index in [4.69, 9.17) is 0 Å². The van der Waals surface area contributed by atoms with E-state index >= 15 is 0 Å². The number of nitrogens with one attached hydrogen (secondary N) is 1. The van der Waals surface area contributed by atoms with Gasteiger partial charge in [-0.15, -0.1) is 0 Å². The Morgan fingerprint density at radius 3 is 2.88 bits per heavy atom. The molecule has 1 N–H and O–H groups in total. The Kier molecular flexibility index (Phi) is 4.37. The molecule has 0 spiro atoms. The van der Waals surface area contributed by atoms with Gasteiger partial charge >= 0.3 is 0 Å². The summed E-state index contributed by atoms with van der Waals surface area (Å²) >= 11 is 0. The Balaban J connectivity index is 1.96. The summed E-state index contributed by atoms with van der Waals surface area (Å²) in [5.41, 5.74) is 1.46. The molecule has 1 aromatic carbocycles. The molecule has 1 aliphatic heterocycles. The highest BCUT2D eigenvalue weighted by Crippen LogP contribution is 2.11. The summed E-state index contributed by atoms with van der Waals surface area (Å²) in [4.78, 5) is 2.63. The van der Waals surface area contributed by atoms with Crippen LogP contribution in [0.5, 0.6) is 0 Å².